The minimum atomic E-state index is -5.22. The van der Waals surface area contributed by atoms with Crippen LogP contribution in [0.1, 0.15) is 11.1 Å². The summed E-state index contributed by atoms with van der Waals surface area (Å²) in [5.74, 6) is 0. The Morgan fingerprint density at radius 1 is 0.409 bits per heavy atom. The fraction of sp³-hybridized carbons (Fsp3) is 0.143. The van der Waals surface area contributed by atoms with E-state index >= 15 is 0 Å². The monoisotopic (exact) mass is 640 g/mol. The quantitative estimate of drug-likeness (QED) is 0.102. The summed E-state index contributed by atoms with van der Waals surface area (Å²) in [6.07, 6.45) is -19.5. The molecule has 0 aromatic heterocycles. The van der Waals surface area contributed by atoms with E-state index in [2.05, 4.69) is 0 Å². The molecule has 44 heavy (non-hydrogen) atoms. The molecule has 0 saturated heterocycles. The third-order valence-electron chi connectivity index (χ3n) is 5.70. The first-order valence-electron chi connectivity index (χ1n) is 12.0. The van der Waals surface area contributed by atoms with Crippen LogP contribution in [-0.4, -0.2) is 12.6 Å². The van der Waals surface area contributed by atoms with Gasteiger partial charge in [0.25, 0.3) is 0 Å². The summed E-state index contributed by atoms with van der Waals surface area (Å²) in [6.45, 7) is 0. The van der Waals surface area contributed by atoms with E-state index in [4.69, 9.17) is 11.5 Å². The van der Waals surface area contributed by atoms with Crippen LogP contribution in [0.25, 0.3) is 22.3 Å². The van der Waals surface area contributed by atoms with Gasteiger partial charge in [-0.05, 0) is 64.7 Å². The van der Waals surface area contributed by atoms with Crippen molar-refractivity contribution in [2.45, 2.75) is 25.0 Å². The van der Waals surface area contributed by atoms with Gasteiger partial charge in [-0.15, -0.1) is 0 Å². The molecule has 6 N–H and O–H groups in total. The van der Waals surface area contributed by atoms with Crippen molar-refractivity contribution < 1.29 is 52.7 Å². The molecule has 0 aliphatic carbocycles. The molecule has 4 aromatic rings. The molecule has 0 bridgehead atoms. The predicted octanol–water partition coefficient (Wildman–Crippen LogP) is 9.77. The molecule has 0 heterocycles. The summed E-state index contributed by atoms with van der Waals surface area (Å²) in [7, 11) is 0. The summed E-state index contributed by atoms with van der Waals surface area (Å²) in [4.78, 5) is 0. The minimum absolute atomic E-state index is 0.0352. The SMILES string of the molecule is FC(F)(F)Nc1ccc(-c2ccc(NC(F)(F)F)cc2)cc1.Nc1ccc(-c2ccc(N)c(C(F)(F)F)c2C(F)(F)F)cc1. The Balaban J connectivity index is 0.000000240. The average Bonchev–Trinajstić information content (AvgIpc) is 2.87. The highest BCUT2D eigenvalue weighted by Gasteiger charge is 2.46. The van der Waals surface area contributed by atoms with Crippen LogP contribution in [0.3, 0.4) is 0 Å². The van der Waals surface area contributed by atoms with E-state index in [0.717, 1.165) is 12.1 Å². The number of hydrogen-bond donors (Lipinski definition) is 4. The van der Waals surface area contributed by atoms with Gasteiger partial charge in [-0.1, -0.05) is 42.5 Å². The molecule has 0 unspecified atom stereocenters. The molecular formula is C28H20F12N4. The van der Waals surface area contributed by atoms with E-state index in [9.17, 15) is 52.7 Å². The number of halogens is 12. The zero-order valence-electron chi connectivity index (χ0n) is 21.8. The Morgan fingerprint density at radius 3 is 1.11 bits per heavy atom. The van der Waals surface area contributed by atoms with Crippen molar-refractivity contribution in [2.24, 2.45) is 0 Å². The normalized spacial score (nSPS) is 12.3. The predicted molar refractivity (Wildman–Crippen MR) is 142 cm³/mol. The minimum Gasteiger partial charge on any atom is -0.399 e. The van der Waals surface area contributed by atoms with Gasteiger partial charge in [-0.3, -0.25) is 10.6 Å². The average molecular weight is 640 g/mol. The maximum absolute atomic E-state index is 13.2. The van der Waals surface area contributed by atoms with Crippen LogP contribution in [0.5, 0.6) is 0 Å². The number of anilines is 4. The molecule has 0 radical (unpaired) electrons. The van der Waals surface area contributed by atoms with E-state index in [0.29, 0.717) is 11.1 Å². The number of hydrogen-bond acceptors (Lipinski definition) is 4. The van der Waals surface area contributed by atoms with Crippen LogP contribution in [-0.2, 0) is 12.4 Å². The van der Waals surface area contributed by atoms with Crippen molar-refractivity contribution in [1.82, 2.24) is 0 Å². The fourth-order valence-electron chi connectivity index (χ4n) is 3.94. The van der Waals surface area contributed by atoms with Crippen molar-refractivity contribution >= 4 is 22.7 Å². The first-order chi connectivity index (χ1) is 20.1. The molecule has 4 nitrogen and oxygen atoms in total. The molecule has 236 valence electrons. The highest BCUT2D eigenvalue weighted by Crippen LogP contribution is 2.47. The second kappa shape index (κ2) is 12.5. The van der Waals surface area contributed by atoms with Gasteiger partial charge >= 0.3 is 25.0 Å². The Labute approximate surface area is 241 Å². The third-order valence-corrected chi connectivity index (χ3v) is 5.70. The standard InChI is InChI=1S/2C14H10F6N2/c15-13(16,17)21-11-5-1-9(2-6-11)10-3-7-12(8-4-10)22-14(18,19)20;15-13(16,17)11-9(7-1-3-8(21)4-2-7)5-6-10(22)12(11)14(18,19)20/h1-8,21-22H;1-6H,21-22H2. The number of nitrogen functional groups attached to an aromatic ring is 2. The molecule has 0 fully saturated rings. The van der Waals surface area contributed by atoms with E-state index in [1.165, 1.54) is 83.4 Å². The van der Waals surface area contributed by atoms with Crippen molar-refractivity contribution in [3.8, 4) is 22.3 Å². The Bertz CT molecular complexity index is 1480. The van der Waals surface area contributed by atoms with Gasteiger partial charge in [0.05, 0.1) is 11.1 Å². The maximum atomic E-state index is 13.2. The summed E-state index contributed by atoms with van der Waals surface area (Å²) >= 11 is 0. The zero-order valence-corrected chi connectivity index (χ0v) is 21.8. The number of benzene rings is 4. The van der Waals surface area contributed by atoms with Gasteiger partial charge in [0, 0.05) is 22.7 Å². The first-order valence-corrected chi connectivity index (χ1v) is 12.0. The van der Waals surface area contributed by atoms with E-state index in [1.807, 2.05) is 0 Å². The molecule has 0 atom stereocenters. The molecule has 0 amide bonds. The lowest BCUT2D eigenvalue weighted by atomic mass is 9.93. The van der Waals surface area contributed by atoms with Gasteiger partial charge in [0.15, 0.2) is 0 Å². The van der Waals surface area contributed by atoms with Crippen LogP contribution in [0, 0.1) is 0 Å². The number of alkyl halides is 12. The lowest BCUT2D eigenvalue weighted by Gasteiger charge is -2.21. The van der Waals surface area contributed by atoms with Crippen molar-refractivity contribution in [1.29, 1.82) is 0 Å². The van der Waals surface area contributed by atoms with Crippen LogP contribution in [0.4, 0.5) is 75.4 Å². The van der Waals surface area contributed by atoms with E-state index in [-0.39, 0.29) is 22.6 Å². The fourth-order valence-corrected chi connectivity index (χ4v) is 3.94. The highest BCUT2D eigenvalue weighted by atomic mass is 19.4. The first kappa shape index (κ1) is 33.7. The van der Waals surface area contributed by atoms with Gasteiger partial charge in [0.1, 0.15) is 0 Å². The Morgan fingerprint density at radius 2 is 0.773 bits per heavy atom. The lowest BCUT2D eigenvalue weighted by molar-refractivity contribution is -0.161. The Hall–Kier alpha value is -4.76. The van der Waals surface area contributed by atoms with Gasteiger partial charge in [-0.2, -0.15) is 52.7 Å². The molecule has 16 heteroatoms. The second-order valence-electron chi connectivity index (χ2n) is 8.97. The van der Waals surface area contributed by atoms with Crippen LogP contribution < -0.4 is 22.1 Å². The van der Waals surface area contributed by atoms with Crippen molar-refractivity contribution in [2.75, 3.05) is 22.1 Å². The number of nitrogens with one attached hydrogen (secondary N) is 2. The summed E-state index contributed by atoms with van der Waals surface area (Å²) < 4.78 is 151. The summed E-state index contributed by atoms with van der Waals surface area (Å²) in [6, 6.07) is 17.5. The molecular weight excluding hydrogens is 620 g/mol. The smallest absolute Gasteiger partial charge is 0.399 e. The third kappa shape index (κ3) is 9.37. The summed E-state index contributed by atoms with van der Waals surface area (Å²) in [5.41, 5.74) is 6.49. The van der Waals surface area contributed by atoms with Gasteiger partial charge in [-0.25, -0.2) is 0 Å². The Kier molecular flexibility index (Phi) is 9.55. The van der Waals surface area contributed by atoms with Gasteiger partial charge < -0.3 is 11.5 Å². The number of nitrogens with two attached hydrogens (primary N) is 2. The number of rotatable bonds is 4. The van der Waals surface area contributed by atoms with Crippen LogP contribution in [0.15, 0.2) is 84.9 Å². The largest absolute Gasteiger partial charge is 0.482 e. The molecule has 0 saturated carbocycles. The van der Waals surface area contributed by atoms with Gasteiger partial charge in [0.2, 0.25) is 0 Å². The van der Waals surface area contributed by atoms with Crippen molar-refractivity contribution in [3.05, 3.63) is 96.1 Å². The second-order valence-corrected chi connectivity index (χ2v) is 8.97. The highest BCUT2D eigenvalue weighted by molar-refractivity contribution is 5.75. The molecule has 4 aromatic carbocycles. The molecule has 0 aliphatic heterocycles. The molecule has 4 rings (SSSR count). The molecule has 0 aliphatic rings. The van der Waals surface area contributed by atoms with E-state index < -0.39 is 47.3 Å². The lowest BCUT2D eigenvalue weighted by Crippen LogP contribution is -2.20. The zero-order chi connectivity index (χ0) is 33.1. The van der Waals surface area contributed by atoms with Crippen LogP contribution >= 0.6 is 0 Å². The summed E-state index contributed by atoms with van der Waals surface area (Å²) in [5, 5.41) is 2.72. The maximum Gasteiger partial charge on any atom is 0.482 e. The topological polar surface area (TPSA) is 76.1 Å². The molecule has 0 spiro atoms. The van der Waals surface area contributed by atoms with Crippen LogP contribution in [0.2, 0.25) is 0 Å². The van der Waals surface area contributed by atoms with Crippen molar-refractivity contribution in [3.63, 3.8) is 0 Å². The van der Waals surface area contributed by atoms with E-state index in [1.54, 1.807) is 0 Å².